The van der Waals surface area contributed by atoms with Gasteiger partial charge in [0, 0.05) is 66.4 Å². The summed E-state index contributed by atoms with van der Waals surface area (Å²) in [6.07, 6.45) is 17.1. The number of nitrogens with zero attached hydrogens (tertiary/aromatic N) is 2. The number of hydrogen-bond acceptors (Lipinski definition) is 6. The van der Waals surface area contributed by atoms with Crippen LogP contribution in [0.2, 0.25) is 0 Å². The van der Waals surface area contributed by atoms with E-state index in [1.165, 1.54) is 22.4 Å². The summed E-state index contributed by atoms with van der Waals surface area (Å²) in [7, 11) is 1.74. The van der Waals surface area contributed by atoms with Crippen molar-refractivity contribution in [3.05, 3.63) is 82.5 Å². The Kier molecular flexibility index (Phi) is 13.6. The first-order valence-electron chi connectivity index (χ1n) is 30.2. The van der Waals surface area contributed by atoms with E-state index in [1.54, 1.807) is 24.1 Å². The molecule has 77 heavy (non-hydrogen) atoms. The normalized spacial score (nSPS) is 39.4. The molecule has 1 heterocycles. The smallest absolute Gasteiger partial charge is 0.155 e. The first-order valence-corrected chi connectivity index (χ1v) is 30.2. The molecule has 2 aromatic carbocycles. The lowest BCUT2D eigenvalue weighted by Gasteiger charge is -2.61. The monoisotopic (exact) mass is 1050 g/mol. The number of rotatable bonds is 7. The summed E-state index contributed by atoms with van der Waals surface area (Å²) in [5.74, 6) is 16.2. The van der Waals surface area contributed by atoms with Crippen LogP contribution in [0.1, 0.15) is 195 Å². The lowest BCUT2D eigenvalue weighted by atomic mass is 9.43. The average molecular weight is 1050 g/mol. The van der Waals surface area contributed by atoms with Crippen LogP contribution in [0.4, 0.5) is 20.2 Å². The molecule has 0 amide bonds. The summed E-state index contributed by atoms with van der Waals surface area (Å²) < 4.78 is 32.5. The molecule has 8 aliphatic carbocycles. The van der Waals surface area contributed by atoms with E-state index in [9.17, 15) is 19.8 Å². The van der Waals surface area contributed by atoms with Crippen molar-refractivity contribution in [3.8, 4) is 23.7 Å². The third-order valence-electron chi connectivity index (χ3n) is 23.2. The van der Waals surface area contributed by atoms with Gasteiger partial charge in [-0.25, -0.2) is 8.78 Å². The number of fused-ring (bicyclic) bond motifs is 10. The largest absolute Gasteiger partial charge is 0.377 e. The molecule has 6 nitrogen and oxygen atoms in total. The number of hydrogen-bond donors (Lipinski definition) is 2. The van der Waals surface area contributed by atoms with Gasteiger partial charge in [-0.2, -0.15) is 0 Å². The molecule has 0 radical (unpaired) electrons. The third kappa shape index (κ3) is 9.21. The molecular weight excluding hydrogens is 959 g/mol. The van der Waals surface area contributed by atoms with E-state index < -0.39 is 28.3 Å². The Morgan fingerprint density at radius 2 is 1.32 bits per heavy atom. The Labute approximate surface area is 461 Å². The maximum atomic E-state index is 16.2. The van der Waals surface area contributed by atoms with Crippen LogP contribution in [-0.2, 0) is 9.59 Å². The first-order chi connectivity index (χ1) is 36.2. The van der Waals surface area contributed by atoms with Crippen LogP contribution in [0, 0.1) is 110 Å². The predicted molar refractivity (Wildman–Crippen MR) is 305 cm³/mol. The highest BCUT2D eigenvalue weighted by Crippen LogP contribution is 2.72. The van der Waals surface area contributed by atoms with E-state index in [0.29, 0.717) is 61.3 Å². The van der Waals surface area contributed by atoms with Gasteiger partial charge < -0.3 is 20.0 Å². The van der Waals surface area contributed by atoms with E-state index >= 15 is 8.78 Å². The molecule has 2 aromatic rings. The molecule has 2 N–H and O–H groups in total. The second kappa shape index (κ2) is 19.2. The van der Waals surface area contributed by atoms with Crippen molar-refractivity contribution in [2.75, 3.05) is 29.9 Å². The Bertz CT molecular complexity index is 2870. The zero-order valence-corrected chi connectivity index (χ0v) is 48.6. The van der Waals surface area contributed by atoms with Gasteiger partial charge in [0.2, 0.25) is 0 Å². The second-order valence-corrected chi connectivity index (χ2v) is 29.4. The Balaban J connectivity index is 0.821. The lowest BCUT2D eigenvalue weighted by molar-refractivity contribution is -0.122. The molecule has 414 valence electrons. The molecule has 1 unspecified atom stereocenters. The number of aliphatic hydroxyl groups is 2. The minimum Gasteiger partial charge on any atom is -0.377 e. The highest BCUT2D eigenvalue weighted by atomic mass is 19.1. The van der Waals surface area contributed by atoms with Crippen LogP contribution < -0.4 is 9.80 Å². The topological polar surface area (TPSA) is 81.1 Å². The summed E-state index contributed by atoms with van der Waals surface area (Å²) in [6.45, 7) is 23.6. The van der Waals surface area contributed by atoms with Crippen molar-refractivity contribution in [2.24, 2.45) is 74.4 Å². The molecule has 0 aromatic heterocycles. The van der Waals surface area contributed by atoms with Crippen LogP contribution in [0.15, 0.2) is 59.7 Å². The zero-order chi connectivity index (χ0) is 55.0. The fraction of sp³-hybridized carbons (Fsp3) is 0.681. The molecular formula is C69H90F2N2O4. The fourth-order valence-corrected chi connectivity index (χ4v) is 19.0. The minimum absolute atomic E-state index is 0.00551. The molecule has 7 fully saturated rings. The quantitative estimate of drug-likeness (QED) is 0.269. The van der Waals surface area contributed by atoms with Crippen LogP contribution >= 0.6 is 0 Å². The summed E-state index contributed by atoms with van der Waals surface area (Å²) in [4.78, 5) is 29.8. The summed E-state index contributed by atoms with van der Waals surface area (Å²) >= 11 is 0. The number of halogens is 2. The average Bonchev–Trinajstić information content (AvgIpc) is 4.26. The van der Waals surface area contributed by atoms with Gasteiger partial charge >= 0.3 is 0 Å². The van der Waals surface area contributed by atoms with Crippen molar-refractivity contribution in [1.82, 2.24) is 0 Å². The van der Waals surface area contributed by atoms with Gasteiger partial charge in [0.25, 0.3) is 0 Å². The molecule has 8 heteroatoms. The molecule has 1 aliphatic heterocycles. The van der Waals surface area contributed by atoms with Crippen LogP contribution in [0.5, 0.6) is 0 Å². The van der Waals surface area contributed by atoms with Gasteiger partial charge in [0.05, 0.1) is 0 Å². The number of allylic oxidation sites excluding steroid dienone is 2. The highest BCUT2D eigenvalue weighted by Gasteiger charge is 2.67. The van der Waals surface area contributed by atoms with E-state index in [1.807, 2.05) is 26.0 Å². The lowest BCUT2D eigenvalue weighted by Crippen LogP contribution is -2.57. The molecule has 9 aliphatic rings. The predicted octanol–water partition coefficient (Wildman–Crippen LogP) is 14.3. The standard InChI is InChI=1S/C69H90F2N2O4/c1-42(2)72(11)62-58(70)35-46(36-59(62)71)54-39-66(9)56(52-19-14-45-34-49(74)18-21-51(45)60(52)54)23-27-69(66,77)32-30-64(6,7)38-43-25-33-73(41-43)48-16-12-44(13-17-48)55-40-67(10)57(24-28-68(67,76)31-29-63(3,4)5)53-20-15-47-37-50(75)22-26-65(47,8)61(53)55/h12-13,16-17,34-37,42-43,51-57,60-61,76-77H,14-15,18-28,33,38-41H2,1-11H3/t43?,51-,52-,53-,54+,55+,56-,57-,60+,61+,65-,66-,67-,68+,69+/m0/s1. The second-order valence-electron chi connectivity index (χ2n) is 29.4. The molecule has 0 bridgehead atoms. The van der Waals surface area contributed by atoms with Crippen LogP contribution in [0.3, 0.4) is 0 Å². The van der Waals surface area contributed by atoms with Crippen molar-refractivity contribution in [1.29, 1.82) is 0 Å². The van der Waals surface area contributed by atoms with Crippen molar-refractivity contribution in [2.45, 2.75) is 201 Å². The van der Waals surface area contributed by atoms with Gasteiger partial charge in [-0.3, -0.25) is 9.59 Å². The fourth-order valence-electron chi connectivity index (χ4n) is 19.0. The number of benzene rings is 2. The van der Waals surface area contributed by atoms with Gasteiger partial charge in [-0.15, -0.1) is 0 Å². The molecule has 15 atom stereocenters. The highest BCUT2D eigenvalue weighted by molar-refractivity contribution is 5.92. The van der Waals surface area contributed by atoms with Crippen LogP contribution in [-0.4, -0.2) is 59.2 Å². The van der Waals surface area contributed by atoms with Crippen molar-refractivity contribution in [3.63, 3.8) is 0 Å². The van der Waals surface area contributed by atoms with Crippen molar-refractivity contribution < 1.29 is 28.6 Å². The Morgan fingerprint density at radius 3 is 1.97 bits per heavy atom. The number of ketones is 2. The number of carbonyl (C=O) groups is 2. The summed E-state index contributed by atoms with van der Waals surface area (Å²) in [5, 5.41) is 25.7. The van der Waals surface area contributed by atoms with E-state index in [-0.39, 0.29) is 80.5 Å². The van der Waals surface area contributed by atoms with E-state index in [2.05, 4.69) is 108 Å². The first kappa shape index (κ1) is 54.7. The molecule has 11 rings (SSSR count). The maximum Gasteiger partial charge on any atom is 0.155 e. The van der Waals surface area contributed by atoms with Gasteiger partial charge in [0.1, 0.15) is 28.5 Å². The number of carbonyl (C=O) groups excluding carboxylic acids is 2. The maximum absolute atomic E-state index is 16.2. The van der Waals surface area contributed by atoms with Gasteiger partial charge in [-0.1, -0.05) is 67.7 Å². The van der Waals surface area contributed by atoms with E-state index in [0.717, 1.165) is 83.7 Å². The molecule has 1 saturated heterocycles. The molecule has 0 spiro atoms. The zero-order valence-electron chi connectivity index (χ0n) is 48.6. The van der Waals surface area contributed by atoms with E-state index in [4.69, 9.17) is 0 Å². The number of anilines is 2. The summed E-state index contributed by atoms with van der Waals surface area (Å²) in [5.41, 5.74) is 2.02. The third-order valence-corrected chi connectivity index (χ3v) is 23.2. The summed E-state index contributed by atoms with van der Waals surface area (Å²) in [6, 6.07) is 12.5. The van der Waals surface area contributed by atoms with Gasteiger partial charge in [0.15, 0.2) is 11.6 Å². The Morgan fingerprint density at radius 1 is 0.714 bits per heavy atom. The molecule has 6 saturated carbocycles. The SMILES string of the molecule is CC(C)N(C)c1c(F)cc([C@H]2C[C@@]3(C)[C@@H](CC[C@@]3(O)C#CC(C)(C)CC3CCN(c4ccc([C@H]5C[C@@]6(C)[C@@H](CC[C@@]6(O)C#CC(C)(C)C)[C@@H]6CCC7=CC(=O)CC[C@]7(C)[C@H]65)cc4)C3)[C@@H]3CCC4=CC(=O)CC[C@@H]4[C@H]32)cc1F. The van der Waals surface area contributed by atoms with Gasteiger partial charge in [-0.05, 0) is 250 Å². The van der Waals surface area contributed by atoms with Crippen LogP contribution in [0.25, 0.3) is 0 Å². The van der Waals surface area contributed by atoms with Crippen molar-refractivity contribution >= 4 is 22.9 Å². The minimum atomic E-state index is -1.25. The Hall–Kier alpha value is -4.24.